The molecule has 2 N–H and O–H groups in total. The van der Waals surface area contributed by atoms with Crippen LogP contribution in [-0.4, -0.2) is 33.7 Å². The highest BCUT2D eigenvalue weighted by Gasteiger charge is 2.28. The molecule has 0 aliphatic heterocycles. The molecular formula is C13H22N4O. The van der Waals surface area contributed by atoms with Crippen LogP contribution in [0.25, 0.3) is 0 Å². The third-order valence-electron chi connectivity index (χ3n) is 3.84. The second-order valence-corrected chi connectivity index (χ2v) is 5.45. The molecule has 2 rings (SSSR count). The van der Waals surface area contributed by atoms with Crippen LogP contribution in [0.15, 0.2) is 6.20 Å². The molecule has 1 aliphatic rings. The van der Waals surface area contributed by atoms with E-state index >= 15 is 0 Å². The van der Waals surface area contributed by atoms with Gasteiger partial charge >= 0.3 is 0 Å². The van der Waals surface area contributed by atoms with Gasteiger partial charge in [-0.25, -0.2) is 0 Å². The lowest BCUT2D eigenvalue weighted by molar-refractivity contribution is 0.0666. The number of rotatable bonds is 2. The number of amides is 1. The van der Waals surface area contributed by atoms with Gasteiger partial charge in [-0.3, -0.25) is 9.48 Å². The number of nitrogens with zero attached hydrogens (tertiary/aromatic N) is 3. The number of carbonyl (C=O) groups is 1. The molecule has 1 aliphatic carbocycles. The number of aryl methyl sites for hydroxylation is 1. The standard InChI is InChI=1S/C13H22N4O/c1-9-5-4-6-10(7-9)17(3)13(18)12-11(14)8-16(2)15-12/h8-10H,4-7,14H2,1-3H3. The third-order valence-corrected chi connectivity index (χ3v) is 3.84. The van der Waals surface area contributed by atoms with Crippen LogP contribution in [-0.2, 0) is 7.05 Å². The molecular weight excluding hydrogens is 228 g/mol. The average Bonchev–Trinajstić information content (AvgIpc) is 2.66. The van der Waals surface area contributed by atoms with E-state index in [1.165, 1.54) is 12.8 Å². The van der Waals surface area contributed by atoms with Crippen LogP contribution in [0.2, 0.25) is 0 Å². The number of hydrogen-bond donors (Lipinski definition) is 1. The SMILES string of the molecule is CC1CCCC(N(C)C(=O)c2nn(C)cc2N)C1. The van der Waals surface area contributed by atoms with Crippen LogP contribution in [0.4, 0.5) is 5.69 Å². The van der Waals surface area contributed by atoms with E-state index in [0.29, 0.717) is 23.3 Å². The first kappa shape index (κ1) is 12.9. The second kappa shape index (κ2) is 5.00. The lowest BCUT2D eigenvalue weighted by Crippen LogP contribution is -2.40. The molecule has 0 spiro atoms. The average molecular weight is 250 g/mol. The normalized spacial score (nSPS) is 23.9. The van der Waals surface area contributed by atoms with Crippen LogP contribution >= 0.6 is 0 Å². The van der Waals surface area contributed by atoms with Gasteiger partial charge in [-0.2, -0.15) is 5.10 Å². The minimum Gasteiger partial charge on any atom is -0.396 e. The summed E-state index contributed by atoms with van der Waals surface area (Å²) in [7, 11) is 3.63. The predicted octanol–water partition coefficient (Wildman–Crippen LogP) is 1.65. The maximum absolute atomic E-state index is 12.4. The zero-order valence-corrected chi connectivity index (χ0v) is 11.4. The van der Waals surface area contributed by atoms with Crippen molar-refractivity contribution < 1.29 is 4.79 Å². The molecule has 2 unspecified atom stereocenters. The quantitative estimate of drug-likeness (QED) is 0.868. The van der Waals surface area contributed by atoms with Gasteiger partial charge in [0.2, 0.25) is 0 Å². The van der Waals surface area contributed by atoms with E-state index in [1.54, 1.807) is 17.9 Å². The second-order valence-electron chi connectivity index (χ2n) is 5.45. The molecule has 0 saturated heterocycles. The number of aromatic nitrogens is 2. The van der Waals surface area contributed by atoms with E-state index in [4.69, 9.17) is 5.73 Å². The summed E-state index contributed by atoms with van der Waals surface area (Å²) in [6.07, 6.45) is 6.30. The fourth-order valence-electron chi connectivity index (χ4n) is 2.76. The van der Waals surface area contributed by atoms with Crippen molar-refractivity contribution in [2.75, 3.05) is 12.8 Å². The van der Waals surface area contributed by atoms with Gasteiger partial charge in [-0.05, 0) is 18.8 Å². The Morgan fingerprint density at radius 3 is 2.83 bits per heavy atom. The molecule has 0 bridgehead atoms. The van der Waals surface area contributed by atoms with Gasteiger partial charge in [0.15, 0.2) is 5.69 Å². The summed E-state index contributed by atoms with van der Waals surface area (Å²) in [5, 5.41) is 4.15. The summed E-state index contributed by atoms with van der Waals surface area (Å²) in [4.78, 5) is 14.2. The molecule has 18 heavy (non-hydrogen) atoms. The third kappa shape index (κ3) is 2.49. The van der Waals surface area contributed by atoms with Gasteiger partial charge < -0.3 is 10.6 Å². The number of nitrogens with two attached hydrogens (primary N) is 1. The monoisotopic (exact) mass is 250 g/mol. The van der Waals surface area contributed by atoms with E-state index in [2.05, 4.69) is 12.0 Å². The van der Waals surface area contributed by atoms with Gasteiger partial charge in [0.25, 0.3) is 5.91 Å². The fourth-order valence-corrected chi connectivity index (χ4v) is 2.76. The molecule has 1 fully saturated rings. The zero-order chi connectivity index (χ0) is 13.3. The number of nitrogen functional groups attached to an aromatic ring is 1. The number of carbonyl (C=O) groups excluding carboxylic acids is 1. The van der Waals surface area contributed by atoms with Crippen molar-refractivity contribution in [3.05, 3.63) is 11.9 Å². The van der Waals surface area contributed by atoms with Crippen LogP contribution in [0.3, 0.4) is 0 Å². The zero-order valence-electron chi connectivity index (χ0n) is 11.4. The summed E-state index contributed by atoms with van der Waals surface area (Å²) in [5.41, 5.74) is 6.64. The molecule has 100 valence electrons. The summed E-state index contributed by atoms with van der Waals surface area (Å²) in [5.74, 6) is 0.632. The van der Waals surface area contributed by atoms with Gasteiger partial charge in [-0.1, -0.05) is 19.8 Å². The Hall–Kier alpha value is -1.52. The number of anilines is 1. The Labute approximate surface area is 108 Å². The molecule has 0 aromatic carbocycles. The summed E-state index contributed by atoms with van der Waals surface area (Å²) < 4.78 is 1.58. The van der Waals surface area contributed by atoms with Crippen molar-refractivity contribution in [3.63, 3.8) is 0 Å². The van der Waals surface area contributed by atoms with Crippen LogP contribution < -0.4 is 5.73 Å². The van der Waals surface area contributed by atoms with E-state index in [1.807, 2.05) is 11.9 Å². The van der Waals surface area contributed by atoms with Crippen molar-refractivity contribution in [2.45, 2.75) is 38.6 Å². The first-order valence-electron chi connectivity index (χ1n) is 6.55. The molecule has 1 heterocycles. The van der Waals surface area contributed by atoms with E-state index < -0.39 is 0 Å². The van der Waals surface area contributed by atoms with Crippen molar-refractivity contribution in [3.8, 4) is 0 Å². The molecule has 2 atom stereocenters. The summed E-state index contributed by atoms with van der Waals surface area (Å²) in [6, 6.07) is 0.322. The van der Waals surface area contributed by atoms with Crippen molar-refractivity contribution >= 4 is 11.6 Å². The number of hydrogen-bond acceptors (Lipinski definition) is 3. The molecule has 1 saturated carbocycles. The summed E-state index contributed by atoms with van der Waals surface area (Å²) in [6.45, 7) is 2.25. The van der Waals surface area contributed by atoms with Crippen molar-refractivity contribution in [2.24, 2.45) is 13.0 Å². The molecule has 1 aromatic rings. The Morgan fingerprint density at radius 2 is 2.28 bits per heavy atom. The van der Waals surface area contributed by atoms with Crippen molar-refractivity contribution in [1.82, 2.24) is 14.7 Å². The van der Waals surface area contributed by atoms with Crippen LogP contribution in [0, 0.1) is 5.92 Å². The topological polar surface area (TPSA) is 64.2 Å². The maximum Gasteiger partial charge on any atom is 0.276 e. The highest BCUT2D eigenvalue weighted by Crippen LogP contribution is 2.27. The van der Waals surface area contributed by atoms with Gasteiger partial charge in [0.1, 0.15) is 0 Å². The van der Waals surface area contributed by atoms with Gasteiger partial charge in [0.05, 0.1) is 5.69 Å². The summed E-state index contributed by atoms with van der Waals surface area (Å²) >= 11 is 0. The van der Waals surface area contributed by atoms with Gasteiger partial charge in [-0.15, -0.1) is 0 Å². The van der Waals surface area contributed by atoms with Crippen LogP contribution in [0.5, 0.6) is 0 Å². The largest absolute Gasteiger partial charge is 0.396 e. The lowest BCUT2D eigenvalue weighted by atomic mass is 9.86. The van der Waals surface area contributed by atoms with E-state index in [9.17, 15) is 4.79 Å². The smallest absolute Gasteiger partial charge is 0.276 e. The van der Waals surface area contributed by atoms with E-state index in [-0.39, 0.29) is 5.91 Å². The highest BCUT2D eigenvalue weighted by atomic mass is 16.2. The molecule has 1 amide bonds. The van der Waals surface area contributed by atoms with Crippen LogP contribution in [0.1, 0.15) is 43.1 Å². The Morgan fingerprint density at radius 1 is 1.56 bits per heavy atom. The lowest BCUT2D eigenvalue weighted by Gasteiger charge is -2.33. The predicted molar refractivity (Wildman–Crippen MR) is 71.1 cm³/mol. The molecule has 5 heteroatoms. The fraction of sp³-hybridized carbons (Fsp3) is 0.692. The van der Waals surface area contributed by atoms with Gasteiger partial charge in [0, 0.05) is 26.3 Å². The molecule has 5 nitrogen and oxygen atoms in total. The maximum atomic E-state index is 12.4. The molecule has 0 radical (unpaired) electrons. The Kier molecular flexibility index (Phi) is 3.59. The minimum atomic E-state index is -0.0628. The first-order valence-corrected chi connectivity index (χ1v) is 6.55. The van der Waals surface area contributed by atoms with E-state index in [0.717, 1.165) is 12.8 Å². The molecule has 1 aromatic heterocycles. The Bertz CT molecular complexity index is 440. The first-order chi connectivity index (χ1) is 8.49. The minimum absolute atomic E-state index is 0.0628. The highest BCUT2D eigenvalue weighted by molar-refractivity contribution is 5.97. The Balaban J connectivity index is 2.11. The van der Waals surface area contributed by atoms with Crippen molar-refractivity contribution in [1.29, 1.82) is 0 Å².